The molecule has 2 heterocycles. The molecule has 0 aromatic carbocycles. The molecular formula is C13H20BrN5O. The Hall–Kier alpha value is -1.18. The standard InChI is InChI=1S/C13H20BrN5O/c1-2-6-19-13(20)12(14)11(10-17-19)16-5-9-18-7-3-15-4-8-18/h2,10,15-16H,1,3-9H2. The van der Waals surface area contributed by atoms with E-state index in [9.17, 15) is 4.79 Å². The maximum absolute atomic E-state index is 12.0. The SMILES string of the molecule is C=CCn1ncc(NCCN2CCNCC2)c(Br)c1=O. The van der Waals surface area contributed by atoms with Gasteiger partial charge in [-0.05, 0) is 15.9 Å². The van der Waals surface area contributed by atoms with Crippen LogP contribution in [0.4, 0.5) is 5.69 Å². The lowest BCUT2D eigenvalue weighted by molar-refractivity contribution is 0.249. The van der Waals surface area contributed by atoms with E-state index in [2.05, 4.69) is 43.1 Å². The highest BCUT2D eigenvalue weighted by atomic mass is 79.9. The van der Waals surface area contributed by atoms with Gasteiger partial charge >= 0.3 is 0 Å². The van der Waals surface area contributed by atoms with Crippen LogP contribution in [0, 0.1) is 0 Å². The summed E-state index contributed by atoms with van der Waals surface area (Å²) in [6.45, 7) is 10.0. The Kier molecular flexibility index (Phi) is 5.75. The number of hydrogen-bond donors (Lipinski definition) is 2. The minimum absolute atomic E-state index is 0.142. The number of anilines is 1. The molecule has 1 aliphatic rings. The minimum Gasteiger partial charge on any atom is -0.381 e. The molecule has 7 heteroatoms. The van der Waals surface area contributed by atoms with Crippen LogP contribution in [-0.4, -0.2) is 53.9 Å². The Labute approximate surface area is 127 Å². The molecule has 2 rings (SSSR count). The molecule has 1 fully saturated rings. The Morgan fingerprint density at radius 3 is 2.95 bits per heavy atom. The lowest BCUT2D eigenvalue weighted by atomic mass is 10.3. The van der Waals surface area contributed by atoms with Gasteiger partial charge in [-0.3, -0.25) is 9.69 Å². The van der Waals surface area contributed by atoms with Gasteiger partial charge in [-0.25, -0.2) is 4.68 Å². The number of allylic oxidation sites excluding steroid dienone is 1. The summed E-state index contributed by atoms with van der Waals surface area (Å²) in [4.78, 5) is 14.4. The number of nitrogens with one attached hydrogen (secondary N) is 2. The van der Waals surface area contributed by atoms with Crippen molar-refractivity contribution in [3.05, 3.63) is 33.7 Å². The van der Waals surface area contributed by atoms with Crippen molar-refractivity contribution in [2.75, 3.05) is 44.6 Å². The van der Waals surface area contributed by atoms with Crippen LogP contribution < -0.4 is 16.2 Å². The first kappa shape index (κ1) is 15.2. The zero-order chi connectivity index (χ0) is 14.4. The first-order valence-electron chi connectivity index (χ1n) is 6.76. The Balaban J connectivity index is 1.91. The van der Waals surface area contributed by atoms with Gasteiger partial charge in [0.05, 0.1) is 18.4 Å². The number of aromatic nitrogens is 2. The van der Waals surface area contributed by atoms with Crippen LogP contribution >= 0.6 is 15.9 Å². The predicted molar refractivity (Wildman–Crippen MR) is 84.2 cm³/mol. The smallest absolute Gasteiger partial charge is 0.283 e. The van der Waals surface area contributed by atoms with Crippen LogP contribution in [-0.2, 0) is 6.54 Å². The van der Waals surface area contributed by atoms with E-state index < -0.39 is 0 Å². The van der Waals surface area contributed by atoms with E-state index >= 15 is 0 Å². The summed E-state index contributed by atoms with van der Waals surface area (Å²) in [7, 11) is 0. The summed E-state index contributed by atoms with van der Waals surface area (Å²) in [5.41, 5.74) is 0.600. The molecule has 0 bridgehead atoms. The topological polar surface area (TPSA) is 62.2 Å². The molecule has 0 spiro atoms. The van der Waals surface area contributed by atoms with Gasteiger partial charge in [0, 0.05) is 39.3 Å². The second kappa shape index (κ2) is 7.56. The van der Waals surface area contributed by atoms with Crippen molar-refractivity contribution in [2.24, 2.45) is 0 Å². The molecule has 20 heavy (non-hydrogen) atoms. The maximum atomic E-state index is 12.0. The van der Waals surface area contributed by atoms with Crippen molar-refractivity contribution in [1.29, 1.82) is 0 Å². The van der Waals surface area contributed by atoms with Gasteiger partial charge in [0.1, 0.15) is 4.47 Å². The van der Waals surface area contributed by atoms with Crippen molar-refractivity contribution in [2.45, 2.75) is 6.54 Å². The van der Waals surface area contributed by atoms with Crippen LogP contribution in [0.2, 0.25) is 0 Å². The van der Waals surface area contributed by atoms with Gasteiger partial charge in [0.15, 0.2) is 0 Å². The van der Waals surface area contributed by atoms with Crippen LogP contribution in [0.15, 0.2) is 28.1 Å². The van der Waals surface area contributed by atoms with Crippen LogP contribution in [0.1, 0.15) is 0 Å². The molecule has 1 saturated heterocycles. The fourth-order valence-corrected chi connectivity index (χ4v) is 2.57. The Bertz CT molecular complexity index is 510. The highest BCUT2D eigenvalue weighted by molar-refractivity contribution is 9.10. The van der Waals surface area contributed by atoms with Crippen molar-refractivity contribution < 1.29 is 0 Å². The van der Waals surface area contributed by atoms with Crippen molar-refractivity contribution in [3.8, 4) is 0 Å². The number of rotatable bonds is 6. The fourth-order valence-electron chi connectivity index (χ4n) is 2.12. The van der Waals surface area contributed by atoms with Gasteiger partial charge in [-0.1, -0.05) is 6.08 Å². The van der Waals surface area contributed by atoms with Gasteiger partial charge in [0.25, 0.3) is 5.56 Å². The first-order chi connectivity index (χ1) is 9.72. The van der Waals surface area contributed by atoms with E-state index in [4.69, 9.17) is 0 Å². The third kappa shape index (κ3) is 3.91. The monoisotopic (exact) mass is 341 g/mol. The lowest BCUT2D eigenvalue weighted by Gasteiger charge is -2.27. The van der Waals surface area contributed by atoms with Crippen LogP contribution in [0.25, 0.3) is 0 Å². The molecule has 110 valence electrons. The van der Waals surface area contributed by atoms with E-state index in [-0.39, 0.29) is 5.56 Å². The van der Waals surface area contributed by atoms with Gasteiger partial charge in [-0.15, -0.1) is 6.58 Å². The van der Waals surface area contributed by atoms with E-state index in [1.807, 2.05) is 0 Å². The molecule has 6 nitrogen and oxygen atoms in total. The van der Waals surface area contributed by atoms with Gasteiger partial charge in [-0.2, -0.15) is 5.10 Å². The Morgan fingerprint density at radius 1 is 1.50 bits per heavy atom. The number of nitrogens with zero attached hydrogens (tertiary/aromatic N) is 3. The molecule has 1 aliphatic heterocycles. The quantitative estimate of drug-likeness (QED) is 0.738. The molecule has 0 aliphatic carbocycles. The van der Waals surface area contributed by atoms with E-state index in [0.717, 1.165) is 45.0 Å². The molecule has 0 radical (unpaired) electrons. The zero-order valence-electron chi connectivity index (χ0n) is 11.4. The van der Waals surface area contributed by atoms with E-state index in [0.29, 0.717) is 11.0 Å². The van der Waals surface area contributed by atoms with Crippen LogP contribution in [0.5, 0.6) is 0 Å². The molecule has 0 amide bonds. The molecule has 1 aromatic heterocycles. The molecular weight excluding hydrogens is 322 g/mol. The summed E-state index contributed by atoms with van der Waals surface area (Å²) in [6, 6.07) is 0. The van der Waals surface area contributed by atoms with Crippen molar-refractivity contribution >= 4 is 21.6 Å². The molecule has 0 atom stereocenters. The van der Waals surface area contributed by atoms with E-state index in [1.165, 1.54) is 4.68 Å². The number of halogens is 1. The number of piperazine rings is 1. The summed E-state index contributed by atoms with van der Waals surface area (Å²) in [5, 5.41) is 10.7. The third-order valence-corrected chi connectivity index (χ3v) is 4.01. The highest BCUT2D eigenvalue weighted by Crippen LogP contribution is 2.15. The van der Waals surface area contributed by atoms with Crippen LogP contribution in [0.3, 0.4) is 0 Å². The average Bonchev–Trinajstić information content (AvgIpc) is 2.48. The molecule has 2 N–H and O–H groups in total. The van der Waals surface area contributed by atoms with Gasteiger partial charge < -0.3 is 10.6 Å². The fraction of sp³-hybridized carbons (Fsp3) is 0.538. The minimum atomic E-state index is -0.142. The first-order valence-corrected chi connectivity index (χ1v) is 7.55. The molecule has 0 unspecified atom stereocenters. The van der Waals surface area contributed by atoms with Gasteiger partial charge in [0.2, 0.25) is 0 Å². The predicted octanol–water partition coefficient (Wildman–Crippen LogP) is 0.509. The largest absolute Gasteiger partial charge is 0.381 e. The van der Waals surface area contributed by atoms with E-state index in [1.54, 1.807) is 12.3 Å². The summed E-state index contributed by atoms with van der Waals surface area (Å²) in [5.74, 6) is 0. The molecule has 0 saturated carbocycles. The van der Waals surface area contributed by atoms with Crippen molar-refractivity contribution in [1.82, 2.24) is 20.0 Å². The highest BCUT2D eigenvalue weighted by Gasteiger charge is 2.10. The zero-order valence-corrected chi connectivity index (χ0v) is 13.0. The summed E-state index contributed by atoms with van der Waals surface area (Å²) < 4.78 is 1.90. The maximum Gasteiger partial charge on any atom is 0.283 e. The lowest BCUT2D eigenvalue weighted by Crippen LogP contribution is -2.45. The summed E-state index contributed by atoms with van der Waals surface area (Å²) in [6.07, 6.45) is 3.32. The van der Waals surface area contributed by atoms with Crippen molar-refractivity contribution in [3.63, 3.8) is 0 Å². The third-order valence-electron chi connectivity index (χ3n) is 3.24. The number of hydrogen-bond acceptors (Lipinski definition) is 5. The molecule has 1 aromatic rings. The second-order valence-corrected chi connectivity index (χ2v) is 5.46. The average molecular weight is 342 g/mol. The normalized spacial score (nSPS) is 16.1. The second-order valence-electron chi connectivity index (χ2n) is 4.67. The summed E-state index contributed by atoms with van der Waals surface area (Å²) >= 11 is 3.33. The Morgan fingerprint density at radius 2 is 2.25 bits per heavy atom.